The Labute approximate surface area is 124 Å². The topological polar surface area (TPSA) is 69.6 Å². The van der Waals surface area contributed by atoms with Gasteiger partial charge in [0.2, 0.25) is 0 Å². The van der Waals surface area contributed by atoms with Crippen molar-refractivity contribution < 1.29 is 0 Å². The predicted octanol–water partition coefficient (Wildman–Crippen LogP) is 2.78. The van der Waals surface area contributed by atoms with Crippen LogP contribution in [0.25, 0.3) is 22.2 Å². The van der Waals surface area contributed by atoms with Crippen molar-refractivity contribution in [3.05, 3.63) is 43.0 Å². The van der Waals surface area contributed by atoms with Gasteiger partial charge in [-0.15, -0.1) is 0 Å². The summed E-state index contributed by atoms with van der Waals surface area (Å²) in [5, 5.41) is 5.21. The van der Waals surface area contributed by atoms with Crippen molar-refractivity contribution in [3.8, 4) is 11.1 Å². The largest absolute Gasteiger partial charge is 0.330 e. The van der Waals surface area contributed by atoms with Gasteiger partial charge in [0.25, 0.3) is 0 Å². The zero-order valence-corrected chi connectivity index (χ0v) is 12.5. The molecule has 0 aliphatic rings. The Balaban J connectivity index is 0.000000282. The second-order valence-corrected chi connectivity index (χ2v) is 4.79. The summed E-state index contributed by atoms with van der Waals surface area (Å²) in [6.45, 7) is 2.98. The molecule has 3 aromatic rings. The Morgan fingerprint density at radius 3 is 2.67 bits per heavy atom. The Morgan fingerprint density at radius 2 is 2.05 bits per heavy atom. The van der Waals surface area contributed by atoms with Crippen LogP contribution in [0.4, 0.5) is 0 Å². The summed E-state index contributed by atoms with van der Waals surface area (Å²) < 4.78 is 1.77. The minimum absolute atomic E-state index is 0.844. The van der Waals surface area contributed by atoms with Gasteiger partial charge in [0.15, 0.2) is 5.65 Å². The fraction of sp³-hybridized carbons (Fsp3) is 0.312. The zero-order chi connectivity index (χ0) is 15.1. The number of nitrogens with two attached hydrogens (primary N) is 1. The van der Waals surface area contributed by atoms with E-state index in [1.165, 1.54) is 12.8 Å². The van der Waals surface area contributed by atoms with Crippen LogP contribution in [-0.4, -0.2) is 26.3 Å². The molecule has 3 rings (SSSR count). The molecule has 0 amide bonds. The van der Waals surface area contributed by atoms with E-state index in [1.807, 2.05) is 37.8 Å². The first kappa shape index (κ1) is 15.1. The lowest BCUT2D eigenvalue weighted by molar-refractivity contribution is 0.786. The minimum atomic E-state index is 0.844. The predicted molar refractivity (Wildman–Crippen MR) is 85.7 cm³/mol. The normalized spacial score (nSPS) is 10.2. The van der Waals surface area contributed by atoms with Crippen molar-refractivity contribution in [1.82, 2.24) is 19.7 Å². The van der Waals surface area contributed by atoms with Crippen LogP contribution < -0.4 is 5.73 Å². The van der Waals surface area contributed by atoms with Crippen LogP contribution in [0.5, 0.6) is 0 Å². The highest BCUT2D eigenvalue weighted by Gasteiger charge is 2.03. The number of aryl methyl sites for hydroxylation is 1. The molecule has 110 valence electrons. The molecular formula is C16H21N5. The Morgan fingerprint density at radius 1 is 1.19 bits per heavy atom. The number of rotatable bonds is 3. The molecule has 0 aromatic carbocycles. The number of fused-ring (bicyclic) bond motifs is 1. The van der Waals surface area contributed by atoms with E-state index >= 15 is 0 Å². The van der Waals surface area contributed by atoms with Crippen LogP contribution in [0, 0.1) is 0 Å². The van der Waals surface area contributed by atoms with Crippen molar-refractivity contribution >= 4 is 11.0 Å². The van der Waals surface area contributed by atoms with Crippen molar-refractivity contribution in [2.75, 3.05) is 6.54 Å². The van der Waals surface area contributed by atoms with E-state index in [2.05, 4.69) is 28.1 Å². The second kappa shape index (κ2) is 7.50. The lowest BCUT2D eigenvalue weighted by atomic mass is 10.1. The molecule has 0 bridgehead atoms. The van der Waals surface area contributed by atoms with E-state index in [0.29, 0.717) is 0 Å². The lowest BCUT2D eigenvalue weighted by Crippen LogP contribution is -1.95. The van der Waals surface area contributed by atoms with Crippen LogP contribution in [0.1, 0.15) is 19.8 Å². The average molecular weight is 283 g/mol. The number of nitrogens with zero attached hydrogens (tertiary/aromatic N) is 4. The van der Waals surface area contributed by atoms with Crippen molar-refractivity contribution in [1.29, 1.82) is 0 Å². The maximum absolute atomic E-state index is 5.14. The summed E-state index contributed by atoms with van der Waals surface area (Å²) in [6, 6.07) is 6.02. The highest BCUT2D eigenvalue weighted by Crippen LogP contribution is 2.21. The fourth-order valence-electron chi connectivity index (χ4n) is 1.94. The molecule has 5 heteroatoms. The van der Waals surface area contributed by atoms with Crippen molar-refractivity contribution in [3.63, 3.8) is 0 Å². The molecule has 0 spiro atoms. The summed E-state index contributed by atoms with van der Waals surface area (Å²) in [6.07, 6.45) is 9.65. The van der Waals surface area contributed by atoms with E-state index < -0.39 is 0 Å². The van der Waals surface area contributed by atoms with E-state index in [9.17, 15) is 0 Å². The SMILES string of the molecule is CCCCN.Cn1ncc2cc(-c3cccnc3)cnc21. The average Bonchev–Trinajstić information content (AvgIpc) is 2.90. The van der Waals surface area contributed by atoms with Gasteiger partial charge in [-0.2, -0.15) is 5.10 Å². The number of pyridine rings is 2. The quantitative estimate of drug-likeness (QED) is 0.802. The molecular weight excluding hydrogens is 262 g/mol. The van der Waals surface area contributed by atoms with Gasteiger partial charge in [0.05, 0.1) is 6.20 Å². The number of hydrogen-bond donors (Lipinski definition) is 1. The highest BCUT2D eigenvalue weighted by atomic mass is 15.3. The highest BCUT2D eigenvalue weighted by molar-refractivity contribution is 5.80. The molecule has 5 nitrogen and oxygen atoms in total. The van der Waals surface area contributed by atoms with Crippen LogP contribution in [0.2, 0.25) is 0 Å². The molecule has 0 atom stereocenters. The first-order chi connectivity index (χ1) is 10.3. The fourth-order valence-corrected chi connectivity index (χ4v) is 1.94. The third-order valence-electron chi connectivity index (χ3n) is 3.12. The van der Waals surface area contributed by atoms with E-state index in [1.54, 1.807) is 10.9 Å². The molecule has 0 aliphatic carbocycles. The molecule has 0 saturated carbocycles. The summed E-state index contributed by atoms with van der Waals surface area (Å²) in [4.78, 5) is 8.49. The molecule has 3 heterocycles. The number of hydrogen-bond acceptors (Lipinski definition) is 4. The third-order valence-corrected chi connectivity index (χ3v) is 3.12. The molecule has 0 unspecified atom stereocenters. The van der Waals surface area contributed by atoms with Gasteiger partial charge < -0.3 is 5.73 Å². The number of unbranched alkanes of at least 4 members (excludes halogenated alkanes) is 1. The summed E-state index contributed by atoms with van der Waals surface area (Å²) in [7, 11) is 1.89. The Hall–Kier alpha value is -2.27. The van der Waals surface area contributed by atoms with Gasteiger partial charge in [-0.3, -0.25) is 9.67 Å². The first-order valence-corrected chi connectivity index (χ1v) is 7.14. The molecule has 0 radical (unpaired) electrons. The molecule has 2 N–H and O–H groups in total. The maximum Gasteiger partial charge on any atom is 0.157 e. The summed E-state index contributed by atoms with van der Waals surface area (Å²) >= 11 is 0. The Bertz CT molecular complexity index is 673. The molecule has 0 aliphatic heterocycles. The lowest BCUT2D eigenvalue weighted by Gasteiger charge is -2.00. The molecule has 3 aromatic heterocycles. The van der Waals surface area contributed by atoms with Crippen LogP contribution in [0.15, 0.2) is 43.0 Å². The number of aromatic nitrogens is 4. The summed E-state index contributed by atoms with van der Waals surface area (Å²) in [5.74, 6) is 0. The first-order valence-electron chi connectivity index (χ1n) is 7.14. The standard InChI is InChI=1S/C12H10N4.C4H11N/c1-16-12-11(8-15-16)5-10(7-14-12)9-3-2-4-13-6-9;1-2-3-4-5/h2-8H,1H3;2-5H2,1H3. The van der Waals surface area contributed by atoms with E-state index in [0.717, 1.165) is 28.7 Å². The van der Waals surface area contributed by atoms with Crippen molar-refractivity contribution in [2.45, 2.75) is 19.8 Å². The van der Waals surface area contributed by atoms with Gasteiger partial charge in [-0.1, -0.05) is 19.4 Å². The van der Waals surface area contributed by atoms with Gasteiger partial charge in [-0.25, -0.2) is 4.98 Å². The molecule has 0 saturated heterocycles. The summed E-state index contributed by atoms with van der Waals surface area (Å²) in [5.41, 5.74) is 8.17. The van der Waals surface area contributed by atoms with E-state index in [4.69, 9.17) is 5.73 Å². The van der Waals surface area contributed by atoms with Gasteiger partial charge in [-0.05, 0) is 25.1 Å². The molecule has 0 fully saturated rings. The van der Waals surface area contributed by atoms with Crippen LogP contribution >= 0.6 is 0 Å². The molecule has 21 heavy (non-hydrogen) atoms. The van der Waals surface area contributed by atoms with Crippen LogP contribution in [0.3, 0.4) is 0 Å². The van der Waals surface area contributed by atoms with E-state index in [-0.39, 0.29) is 0 Å². The monoisotopic (exact) mass is 283 g/mol. The minimum Gasteiger partial charge on any atom is -0.330 e. The smallest absolute Gasteiger partial charge is 0.157 e. The Kier molecular flexibility index (Phi) is 5.40. The van der Waals surface area contributed by atoms with Gasteiger partial charge >= 0.3 is 0 Å². The van der Waals surface area contributed by atoms with Crippen LogP contribution in [-0.2, 0) is 7.05 Å². The maximum atomic E-state index is 5.14. The third kappa shape index (κ3) is 3.86. The second-order valence-electron chi connectivity index (χ2n) is 4.79. The van der Waals surface area contributed by atoms with Gasteiger partial charge in [0.1, 0.15) is 0 Å². The zero-order valence-electron chi connectivity index (χ0n) is 12.5. The van der Waals surface area contributed by atoms with Gasteiger partial charge in [0, 0.05) is 42.2 Å². The van der Waals surface area contributed by atoms with Crippen molar-refractivity contribution in [2.24, 2.45) is 12.8 Å².